The molecule has 3 rings (SSSR count). The molecule has 1 atom stereocenters. The number of fused-ring (bicyclic) bond motifs is 1. The van der Waals surface area contributed by atoms with E-state index in [1.54, 1.807) is 11.4 Å². The van der Waals surface area contributed by atoms with Crippen molar-refractivity contribution in [2.45, 2.75) is 46.1 Å². The van der Waals surface area contributed by atoms with Crippen LogP contribution < -0.4 is 5.32 Å². The van der Waals surface area contributed by atoms with E-state index in [4.69, 9.17) is 9.52 Å². The third kappa shape index (κ3) is 3.38. The highest BCUT2D eigenvalue weighted by atomic mass is 32.1. The molecule has 1 aliphatic rings. The Labute approximate surface area is 144 Å². The number of amides is 1. The average Bonchev–Trinajstić information content (AvgIpc) is 3.02. The van der Waals surface area contributed by atoms with Gasteiger partial charge in [0.25, 0.3) is 5.91 Å². The van der Waals surface area contributed by atoms with Gasteiger partial charge < -0.3 is 14.8 Å². The summed E-state index contributed by atoms with van der Waals surface area (Å²) in [7, 11) is 0. The van der Waals surface area contributed by atoms with Crippen LogP contribution in [-0.2, 0) is 17.6 Å². The Morgan fingerprint density at radius 2 is 2.21 bits per heavy atom. The monoisotopic (exact) mass is 347 g/mol. The molecule has 2 aromatic rings. The summed E-state index contributed by atoms with van der Waals surface area (Å²) in [5, 5.41) is 13.8. The Kier molecular flexibility index (Phi) is 4.25. The van der Waals surface area contributed by atoms with Gasteiger partial charge in [-0.3, -0.25) is 9.59 Å². The summed E-state index contributed by atoms with van der Waals surface area (Å²) in [6.45, 7) is 6.23. The lowest BCUT2D eigenvalue weighted by atomic mass is 9.74. The molecular formula is C18H21NO4S. The number of furan rings is 1. The van der Waals surface area contributed by atoms with Crippen molar-refractivity contribution in [1.29, 1.82) is 0 Å². The maximum atomic E-state index is 12.7. The molecule has 1 aliphatic carbocycles. The van der Waals surface area contributed by atoms with Crippen LogP contribution in [0.25, 0.3) is 0 Å². The lowest BCUT2D eigenvalue weighted by Gasteiger charge is -2.34. The minimum Gasteiger partial charge on any atom is -0.481 e. The number of carbonyl (C=O) groups is 2. The zero-order valence-corrected chi connectivity index (χ0v) is 14.8. The van der Waals surface area contributed by atoms with Crippen LogP contribution in [0.3, 0.4) is 0 Å². The number of aryl methyl sites for hydroxylation is 1. The molecular weight excluding hydrogens is 326 g/mol. The number of hydrogen-bond acceptors (Lipinski definition) is 4. The van der Waals surface area contributed by atoms with Crippen LogP contribution in [0.15, 0.2) is 21.9 Å². The molecule has 0 saturated heterocycles. The highest BCUT2D eigenvalue weighted by Crippen LogP contribution is 2.42. The van der Waals surface area contributed by atoms with Crippen LogP contribution in [0.5, 0.6) is 0 Å². The van der Waals surface area contributed by atoms with Gasteiger partial charge in [0.1, 0.15) is 11.5 Å². The Morgan fingerprint density at radius 3 is 2.92 bits per heavy atom. The molecule has 0 aliphatic heterocycles. The summed E-state index contributed by atoms with van der Waals surface area (Å²) in [6, 6.07) is 3.56. The summed E-state index contributed by atoms with van der Waals surface area (Å²) in [6.07, 6.45) is 1.54. The summed E-state index contributed by atoms with van der Waals surface area (Å²) in [5.74, 6) is 0.627. The number of carboxylic acid groups (broad SMARTS) is 1. The van der Waals surface area contributed by atoms with E-state index in [1.165, 1.54) is 11.3 Å². The zero-order chi connectivity index (χ0) is 17.5. The predicted molar refractivity (Wildman–Crippen MR) is 91.4 cm³/mol. The third-order valence-electron chi connectivity index (χ3n) is 4.34. The number of rotatable bonds is 4. The molecule has 1 amide bonds. The van der Waals surface area contributed by atoms with Gasteiger partial charge >= 0.3 is 5.97 Å². The van der Waals surface area contributed by atoms with Crippen molar-refractivity contribution in [3.8, 4) is 0 Å². The smallest absolute Gasteiger partial charge is 0.308 e. The first-order chi connectivity index (χ1) is 11.2. The molecule has 0 spiro atoms. The highest BCUT2D eigenvalue weighted by Gasteiger charge is 2.36. The van der Waals surface area contributed by atoms with Crippen molar-refractivity contribution in [1.82, 2.24) is 5.32 Å². The fraction of sp³-hybridized carbons (Fsp3) is 0.444. The van der Waals surface area contributed by atoms with Gasteiger partial charge in [0.15, 0.2) is 0 Å². The Morgan fingerprint density at radius 1 is 1.46 bits per heavy atom. The number of aliphatic carboxylic acids is 1. The van der Waals surface area contributed by atoms with Gasteiger partial charge in [0.05, 0.1) is 18.0 Å². The van der Waals surface area contributed by atoms with E-state index >= 15 is 0 Å². The molecule has 24 heavy (non-hydrogen) atoms. The second kappa shape index (κ2) is 6.09. The van der Waals surface area contributed by atoms with Crippen molar-refractivity contribution < 1.29 is 19.1 Å². The van der Waals surface area contributed by atoms with E-state index in [-0.39, 0.29) is 23.8 Å². The second-order valence-electron chi connectivity index (χ2n) is 7.13. The van der Waals surface area contributed by atoms with Crippen molar-refractivity contribution in [2.75, 3.05) is 0 Å². The van der Waals surface area contributed by atoms with Crippen LogP contribution in [-0.4, -0.2) is 17.0 Å². The molecule has 2 aromatic heterocycles. The van der Waals surface area contributed by atoms with Crippen molar-refractivity contribution in [3.63, 3.8) is 0 Å². The lowest BCUT2D eigenvalue weighted by Crippen LogP contribution is -2.36. The molecule has 0 fully saturated rings. The van der Waals surface area contributed by atoms with Gasteiger partial charge in [-0.2, -0.15) is 0 Å². The quantitative estimate of drug-likeness (QED) is 0.883. The van der Waals surface area contributed by atoms with Crippen molar-refractivity contribution in [2.24, 2.45) is 5.41 Å². The van der Waals surface area contributed by atoms with E-state index in [9.17, 15) is 9.59 Å². The first kappa shape index (κ1) is 16.8. The minimum absolute atomic E-state index is 0.0355. The van der Waals surface area contributed by atoms with Gasteiger partial charge in [0, 0.05) is 16.9 Å². The molecule has 6 heteroatoms. The molecule has 0 aromatic carbocycles. The van der Waals surface area contributed by atoms with E-state index in [1.807, 2.05) is 13.0 Å². The number of nitrogens with one attached hydrogen (secondary N) is 1. The first-order valence-corrected chi connectivity index (χ1v) is 8.81. The molecule has 1 unspecified atom stereocenters. The van der Waals surface area contributed by atoms with Crippen LogP contribution >= 0.6 is 11.3 Å². The van der Waals surface area contributed by atoms with E-state index in [0.29, 0.717) is 10.4 Å². The number of carboxylic acids is 1. The first-order valence-electron chi connectivity index (χ1n) is 7.93. The summed E-state index contributed by atoms with van der Waals surface area (Å²) in [5.41, 5.74) is 1.52. The van der Waals surface area contributed by atoms with Crippen LogP contribution in [0.2, 0.25) is 0 Å². The third-order valence-corrected chi connectivity index (χ3v) is 5.26. The van der Waals surface area contributed by atoms with Gasteiger partial charge in [-0.05, 0) is 36.3 Å². The van der Waals surface area contributed by atoms with E-state index < -0.39 is 5.97 Å². The summed E-state index contributed by atoms with van der Waals surface area (Å²) in [4.78, 5) is 24.2. The number of thiophene rings is 1. The largest absolute Gasteiger partial charge is 0.481 e. The number of hydrogen-bond donors (Lipinski definition) is 2. The highest BCUT2D eigenvalue weighted by molar-refractivity contribution is 7.10. The van der Waals surface area contributed by atoms with Crippen molar-refractivity contribution in [3.05, 3.63) is 45.0 Å². The molecule has 128 valence electrons. The molecule has 2 N–H and O–H groups in total. The summed E-state index contributed by atoms with van der Waals surface area (Å²) < 4.78 is 5.79. The van der Waals surface area contributed by atoms with Gasteiger partial charge in [0.2, 0.25) is 0 Å². The molecule has 0 bridgehead atoms. The molecule has 0 radical (unpaired) electrons. The lowest BCUT2D eigenvalue weighted by molar-refractivity contribution is -0.136. The van der Waals surface area contributed by atoms with Gasteiger partial charge in [-0.1, -0.05) is 13.8 Å². The number of carbonyl (C=O) groups excluding carboxylic acids is 1. The fourth-order valence-corrected chi connectivity index (χ4v) is 4.23. The average molecular weight is 347 g/mol. The SMILES string of the molecule is Cc1cc2c(o1)CC(C)(C)CC2NC(=O)c1ccsc1CC(=O)O. The Hall–Kier alpha value is -2.08. The fourth-order valence-electron chi connectivity index (χ4n) is 3.37. The molecule has 5 nitrogen and oxygen atoms in total. The standard InChI is InChI=1S/C18H21NO4S/c1-10-6-12-13(8-18(2,3)9-14(12)23-10)19-17(22)11-4-5-24-15(11)7-16(20)21/h4-6,13H,7-9H2,1-3H3,(H,19,22)(H,20,21). The topological polar surface area (TPSA) is 79.5 Å². The maximum Gasteiger partial charge on any atom is 0.308 e. The van der Waals surface area contributed by atoms with Crippen LogP contribution in [0, 0.1) is 12.3 Å². The van der Waals surface area contributed by atoms with Gasteiger partial charge in [-0.15, -0.1) is 11.3 Å². The van der Waals surface area contributed by atoms with Gasteiger partial charge in [-0.25, -0.2) is 0 Å². The van der Waals surface area contributed by atoms with Crippen molar-refractivity contribution >= 4 is 23.2 Å². The zero-order valence-electron chi connectivity index (χ0n) is 14.0. The molecule has 0 saturated carbocycles. The van der Waals surface area contributed by atoms with E-state index in [0.717, 1.165) is 29.9 Å². The normalized spacial score (nSPS) is 18.9. The van der Waals surface area contributed by atoms with Crippen LogP contribution in [0.4, 0.5) is 0 Å². The van der Waals surface area contributed by atoms with E-state index in [2.05, 4.69) is 19.2 Å². The predicted octanol–water partition coefficient (Wildman–Crippen LogP) is 3.72. The minimum atomic E-state index is -0.932. The second-order valence-corrected chi connectivity index (χ2v) is 8.14. The Balaban J connectivity index is 1.84. The Bertz CT molecular complexity index is 787. The molecule has 2 heterocycles. The summed E-state index contributed by atoms with van der Waals surface area (Å²) >= 11 is 1.30. The maximum absolute atomic E-state index is 12.7. The van der Waals surface area contributed by atoms with Crippen LogP contribution in [0.1, 0.15) is 58.6 Å².